The quantitative estimate of drug-likeness (QED) is 0.606. The number of alkyl halides is 2. The number of carbonyl (C=O) groups excluding carboxylic acids is 2. The van der Waals surface area contributed by atoms with E-state index in [-0.39, 0.29) is 24.8 Å². The molecule has 1 saturated carbocycles. The number of ether oxygens (including phenoxy) is 1. The lowest BCUT2D eigenvalue weighted by molar-refractivity contribution is -0.140. The van der Waals surface area contributed by atoms with Crippen LogP contribution < -0.4 is 5.32 Å². The van der Waals surface area contributed by atoms with Crippen molar-refractivity contribution in [3.8, 4) is 0 Å². The zero-order chi connectivity index (χ0) is 11.7. The molecule has 1 fully saturated rings. The number of methoxy groups -OCH3 is 1. The molecule has 1 rings (SSSR count). The topological polar surface area (TPSA) is 55.4 Å². The minimum Gasteiger partial charge on any atom is -0.469 e. The molecule has 0 aliphatic heterocycles. The van der Waals surface area contributed by atoms with Crippen LogP contribution in [-0.2, 0) is 14.3 Å². The summed E-state index contributed by atoms with van der Waals surface area (Å²) >= 11 is 11.7. The first-order valence-electron chi connectivity index (χ1n) is 4.56. The Balaban J connectivity index is 2.30. The van der Waals surface area contributed by atoms with Crippen molar-refractivity contribution in [3.63, 3.8) is 0 Å². The summed E-state index contributed by atoms with van der Waals surface area (Å²) < 4.78 is 3.46. The summed E-state index contributed by atoms with van der Waals surface area (Å²) in [5.74, 6) is -0.587. The molecule has 0 spiro atoms. The highest BCUT2D eigenvalue weighted by Crippen LogP contribution is 2.63. The molecule has 0 radical (unpaired) electrons. The van der Waals surface area contributed by atoms with Crippen LogP contribution in [0.25, 0.3) is 0 Å². The molecule has 0 aromatic carbocycles. The van der Waals surface area contributed by atoms with Gasteiger partial charge in [0.15, 0.2) is 0 Å². The Hall–Kier alpha value is -0.480. The Morgan fingerprint density at radius 3 is 2.40 bits per heavy atom. The molecule has 1 N–H and O–H groups in total. The Bertz CT molecular complexity index is 293. The van der Waals surface area contributed by atoms with Crippen LogP contribution in [0.1, 0.15) is 19.8 Å². The van der Waals surface area contributed by atoms with Gasteiger partial charge in [-0.25, -0.2) is 0 Å². The van der Waals surface area contributed by atoms with Gasteiger partial charge in [-0.3, -0.25) is 9.59 Å². The van der Waals surface area contributed by atoms with E-state index < -0.39 is 9.75 Å². The van der Waals surface area contributed by atoms with Gasteiger partial charge < -0.3 is 10.1 Å². The van der Waals surface area contributed by atoms with E-state index in [1.807, 2.05) is 0 Å². The molecule has 0 aromatic heterocycles. The van der Waals surface area contributed by atoms with Gasteiger partial charge in [-0.05, 0) is 13.3 Å². The van der Waals surface area contributed by atoms with Gasteiger partial charge in [-0.1, -0.05) is 0 Å². The molecule has 1 amide bonds. The fourth-order valence-corrected chi connectivity index (χ4v) is 1.93. The Labute approximate surface area is 98.2 Å². The molecule has 0 bridgehead atoms. The number of halogens is 2. The van der Waals surface area contributed by atoms with Crippen LogP contribution in [0.15, 0.2) is 0 Å². The first kappa shape index (κ1) is 12.6. The summed E-state index contributed by atoms with van der Waals surface area (Å²) in [7, 11) is 1.30. The third-order valence-electron chi connectivity index (χ3n) is 2.60. The number of hydrogen-bond donors (Lipinski definition) is 1. The van der Waals surface area contributed by atoms with Gasteiger partial charge in [0.05, 0.1) is 18.9 Å². The lowest BCUT2D eigenvalue weighted by Gasteiger charge is -2.11. The van der Waals surface area contributed by atoms with Gasteiger partial charge in [0.1, 0.15) is 4.33 Å². The van der Waals surface area contributed by atoms with Crippen LogP contribution in [0.4, 0.5) is 0 Å². The van der Waals surface area contributed by atoms with E-state index in [0.717, 1.165) is 0 Å². The van der Waals surface area contributed by atoms with E-state index in [0.29, 0.717) is 6.42 Å². The van der Waals surface area contributed by atoms with Crippen molar-refractivity contribution < 1.29 is 14.3 Å². The molecule has 1 aliphatic rings. The van der Waals surface area contributed by atoms with Crippen LogP contribution in [-0.4, -0.2) is 29.9 Å². The maximum Gasteiger partial charge on any atom is 0.307 e. The molecule has 0 saturated heterocycles. The van der Waals surface area contributed by atoms with Crippen molar-refractivity contribution in [2.75, 3.05) is 13.7 Å². The number of carbonyl (C=O) groups is 2. The minimum absolute atomic E-state index is 0.149. The summed E-state index contributed by atoms with van der Waals surface area (Å²) in [6, 6.07) is 0. The maximum atomic E-state index is 11.6. The lowest BCUT2D eigenvalue weighted by Crippen LogP contribution is -2.34. The molecule has 1 unspecified atom stereocenters. The molecule has 15 heavy (non-hydrogen) atoms. The molecule has 1 aliphatic carbocycles. The second-order valence-electron chi connectivity index (χ2n) is 3.80. The first-order valence-corrected chi connectivity index (χ1v) is 5.32. The van der Waals surface area contributed by atoms with E-state index in [9.17, 15) is 9.59 Å². The summed E-state index contributed by atoms with van der Waals surface area (Å²) in [6.45, 7) is 1.94. The fourth-order valence-electron chi connectivity index (χ4n) is 1.22. The Morgan fingerprint density at radius 2 is 2.00 bits per heavy atom. The van der Waals surface area contributed by atoms with Gasteiger partial charge in [-0.2, -0.15) is 0 Å². The summed E-state index contributed by atoms with van der Waals surface area (Å²) in [6.07, 6.45) is 0.586. The van der Waals surface area contributed by atoms with Crippen molar-refractivity contribution >= 4 is 35.1 Å². The van der Waals surface area contributed by atoms with E-state index >= 15 is 0 Å². The molecule has 1 atom stereocenters. The molecule has 86 valence electrons. The molecule has 0 heterocycles. The third kappa shape index (κ3) is 2.55. The number of hydrogen-bond acceptors (Lipinski definition) is 3. The van der Waals surface area contributed by atoms with Gasteiger partial charge in [0, 0.05) is 6.54 Å². The average molecular weight is 254 g/mol. The zero-order valence-electron chi connectivity index (χ0n) is 8.60. The smallest absolute Gasteiger partial charge is 0.307 e. The van der Waals surface area contributed by atoms with Crippen molar-refractivity contribution in [2.24, 2.45) is 5.41 Å². The molecule has 6 heteroatoms. The molecule has 4 nitrogen and oxygen atoms in total. The number of nitrogens with one attached hydrogen (secondary N) is 1. The van der Waals surface area contributed by atoms with Crippen LogP contribution in [0.2, 0.25) is 0 Å². The van der Waals surface area contributed by atoms with Gasteiger partial charge in [0.2, 0.25) is 5.91 Å². The zero-order valence-corrected chi connectivity index (χ0v) is 10.1. The van der Waals surface area contributed by atoms with Crippen molar-refractivity contribution in [3.05, 3.63) is 0 Å². The van der Waals surface area contributed by atoms with Gasteiger partial charge in [-0.15, -0.1) is 23.2 Å². The van der Waals surface area contributed by atoms with E-state index in [1.54, 1.807) is 6.92 Å². The van der Waals surface area contributed by atoms with Crippen LogP contribution >= 0.6 is 23.2 Å². The molecular formula is C9H13Cl2NO3. The second kappa shape index (κ2) is 4.18. The van der Waals surface area contributed by atoms with E-state index in [2.05, 4.69) is 10.1 Å². The average Bonchev–Trinajstić information content (AvgIpc) is 2.67. The maximum absolute atomic E-state index is 11.6. The van der Waals surface area contributed by atoms with Gasteiger partial charge >= 0.3 is 5.97 Å². The van der Waals surface area contributed by atoms with E-state index in [4.69, 9.17) is 23.2 Å². The highest BCUT2D eigenvalue weighted by atomic mass is 35.5. The Morgan fingerprint density at radius 1 is 1.47 bits per heavy atom. The summed E-state index contributed by atoms with van der Waals surface area (Å²) in [4.78, 5) is 22.3. The lowest BCUT2D eigenvalue weighted by atomic mass is 10.1. The minimum atomic E-state index is -0.970. The summed E-state index contributed by atoms with van der Waals surface area (Å²) in [5.41, 5.74) is -0.730. The largest absolute Gasteiger partial charge is 0.469 e. The number of esters is 1. The predicted molar refractivity (Wildman–Crippen MR) is 56.8 cm³/mol. The van der Waals surface area contributed by atoms with Crippen molar-refractivity contribution in [1.29, 1.82) is 0 Å². The van der Waals surface area contributed by atoms with E-state index in [1.165, 1.54) is 7.11 Å². The number of amides is 1. The van der Waals surface area contributed by atoms with Crippen molar-refractivity contribution in [2.45, 2.75) is 24.1 Å². The van der Waals surface area contributed by atoms with Crippen molar-refractivity contribution in [1.82, 2.24) is 5.32 Å². The SMILES string of the molecule is COC(=O)CCNC(=O)C1(C)CC1(Cl)Cl. The monoisotopic (exact) mass is 253 g/mol. The standard InChI is InChI=1S/C9H13Cl2NO3/c1-8(5-9(8,10)11)7(14)12-4-3-6(13)15-2/h3-5H2,1-2H3,(H,12,14). The normalized spacial score (nSPS) is 26.9. The highest BCUT2D eigenvalue weighted by molar-refractivity contribution is 6.53. The molecular weight excluding hydrogens is 241 g/mol. The predicted octanol–water partition coefficient (Wildman–Crippen LogP) is 1.25. The number of rotatable bonds is 4. The summed E-state index contributed by atoms with van der Waals surface area (Å²) in [5, 5.41) is 2.60. The first-order chi connectivity index (χ1) is 6.83. The van der Waals surface area contributed by atoms with Gasteiger partial charge in [0.25, 0.3) is 0 Å². The second-order valence-corrected chi connectivity index (χ2v) is 5.28. The fraction of sp³-hybridized carbons (Fsp3) is 0.778. The highest BCUT2D eigenvalue weighted by Gasteiger charge is 2.67. The van der Waals surface area contributed by atoms with Crippen LogP contribution in [0.5, 0.6) is 0 Å². The third-order valence-corrected chi connectivity index (χ3v) is 3.70. The Kier molecular flexibility index (Phi) is 3.51. The van der Waals surface area contributed by atoms with Crippen LogP contribution in [0, 0.1) is 5.41 Å². The van der Waals surface area contributed by atoms with Crippen LogP contribution in [0.3, 0.4) is 0 Å². The molecule has 0 aromatic rings.